The summed E-state index contributed by atoms with van der Waals surface area (Å²) in [7, 11) is 0. The van der Waals surface area contributed by atoms with E-state index >= 15 is 0 Å². The Labute approximate surface area is 150 Å². The van der Waals surface area contributed by atoms with Gasteiger partial charge in [0.05, 0.1) is 22.8 Å². The molecule has 0 aromatic heterocycles. The van der Waals surface area contributed by atoms with Crippen molar-refractivity contribution in [3.63, 3.8) is 0 Å². The predicted octanol–water partition coefficient (Wildman–Crippen LogP) is 4.72. The van der Waals surface area contributed by atoms with Gasteiger partial charge < -0.3 is 15.2 Å². The molecule has 0 amide bonds. The molecule has 0 atom stereocenters. The second-order valence-electron chi connectivity index (χ2n) is 5.88. The Balaban J connectivity index is 0.000000263. The molecule has 6 nitrogen and oxygen atoms in total. The Morgan fingerprint density at radius 2 is 1.38 bits per heavy atom. The Morgan fingerprint density at radius 3 is 1.88 bits per heavy atom. The summed E-state index contributed by atoms with van der Waals surface area (Å²) in [5.74, 6) is -0.513. The summed E-state index contributed by atoms with van der Waals surface area (Å²) in [4.78, 5) is 9.92. The maximum Gasteiger partial charge on any atom is 0.311 e. The average molecular weight is 368 g/mol. The van der Waals surface area contributed by atoms with Gasteiger partial charge in [-0.2, -0.15) is 0 Å². The van der Waals surface area contributed by atoms with E-state index in [0.29, 0.717) is 11.4 Å². The first-order valence-electron chi connectivity index (χ1n) is 7.92. The van der Waals surface area contributed by atoms with Crippen molar-refractivity contribution in [2.75, 3.05) is 5.73 Å². The average Bonchev–Trinajstić information content (AvgIpc) is 2.50. The number of rotatable bonds is 5. The summed E-state index contributed by atoms with van der Waals surface area (Å²) in [6, 6.07) is 7.22. The maximum atomic E-state index is 12.8. The highest BCUT2D eigenvalue weighted by atomic mass is 19.1. The predicted molar refractivity (Wildman–Crippen MR) is 95.4 cm³/mol. The van der Waals surface area contributed by atoms with Gasteiger partial charge in [-0.25, -0.2) is 8.78 Å². The molecule has 26 heavy (non-hydrogen) atoms. The molecule has 0 heterocycles. The van der Waals surface area contributed by atoms with E-state index in [2.05, 4.69) is 0 Å². The quantitative estimate of drug-likeness (QED) is 0.469. The third-order valence-electron chi connectivity index (χ3n) is 2.82. The lowest BCUT2D eigenvalue weighted by atomic mass is 10.3. The Bertz CT molecular complexity index is 752. The zero-order valence-electron chi connectivity index (χ0n) is 15.0. The zero-order valence-corrected chi connectivity index (χ0v) is 15.0. The minimum Gasteiger partial charge on any atom is -0.489 e. The van der Waals surface area contributed by atoms with Crippen LogP contribution in [0.2, 0.25) is 0 Å². The fourth-order valence-electron chi connectivity index (χ4n) is 1.85. The maximum absolute atomic E-state index is 12.8. The summed E-state index contributed by atoms with van der Waals surface area (Å²) in [6.07, 6.45) is -0.218. The summed E-state index contributed by atoms with van der Waals surface area (Å²) in [5, 5.41) is 10.5. The van der Waals surface area contributed by atoms with E-state index in [0.717, 1.165) is 18.2 Å². The van der Waals surface area contributed by atoms with Gasteiger partial charge >= 0.3 is 5.69 Å². The largest absolute Gasteiger partial charge is 0.489 e. The standard InChI is InChI=1S/C9H10FNO3.C9H12FNO/c1-6(2)14-9-5-7(10)3-4-8(9)11(12)13;1-6(2)12-9-5-7(10)3-4-8(9)11/h3-6H,1-2H3;3-6H,11H2,1-2H3. The molecule has 0 aliphatic carbocycles. The van der Waals surface area contributed by atoms with Crippen molar-refractivity contribution < 1.29 is 23.2 Å². The fraction of sp³-hybridized carbons (Fsp3) is 0.333. The van der Waals surface area contributed by atoms with Crippen molar-refractivity contribution in [1.29, 1.82) is 0 Å². The number of nitrogens with zero attached hydrogens (tertiary/aromatic N) is 1. The molecule has 8 heteroatoms. The molecule has 0 bridgehead atoms. The van der Waals surface area contributed by atoms with Gasteiger partial charge in [0, 0.05) is 18.2 Å². The number of nitrogen functional groups attached to an aromatic ring is 1. The van der Waals surface area contributed by atoms with Crippen LogP contribution in [0.3, 0.4) is 0 Å². The molecule has 0 spiro atoms. The molecular formula is C18H22F2N2O4. The lowest BCUT2D eigenvalue weighted by Crippen LogP contribution is -2.07. The van der Waals surface area contributed by atoms with E-state index in [9.17, 15) is 18.9 Å². The highest BCUT2D eigenvalue weighted by molar-refractivity contribution is 5.52. The molecule has 0 radical (unpaired) electrons. The summed E-state index contributed by atoms with van der Waals surface area (Å²) >= 11 is 0. The number of halogens is 2. The SMILES string of the molecule is CC(C)Oc1cc(F)ccc1N.CC(C)Oc1cc(F)ccc1[N+](=O)[O-]. The van der Waals surface area contributed by atoms with Crippen molar-refractivity contribution in [3.8, 4) is 11.5 Å². The first kappa shape index (κ1) is 21.1. The second kappa shape index (κ2) is 9.55. The molecule has 142 valence electrons. The summed E-state index contributed by atoms with van der Waals surface area (Å²) in [6.45, 7) is 7.16. The number of hydrogen-bond acceptors (Lipinski definition) is 5. The van der Waals surface area contributed by atoms with Crippen LogP contribution >= 0.6 is 0 Å². The molecule has 0 saturated heterocycles. The molecule has 2 aromatic carbocycles. The highest BCUT2D eigenvalue weighted by Crippen LogP contribution is 2.28. The first-order valence-corrected chi connectivity index (χ1v) is 7.92. The molecule has 2 aromatic rings. The Hall–Kier alpha value is -2.90. The van der Waals surface area contributed by atoms with Gasteiger partial charge in [-0.3, -0.25) is 10.1 Å². The van der Waals surface area contributed by atoms with Crippen LogP contribution in [0.15, 0.2) is 36.4 Å². The van der Waals surface area contributed by atoms with E-state index in [1.807, 2.05) is 13.8 Å². The van der Waals surface area contributed by atoms with Crippen molar-refractivity contribution >= 4 is 11.4 Å². The highest BCUT2D eigenvalue weighted by Gasteiger charge is 2.16. The van der Waals surface area contributed by atoms with Gasteiger partial charge in [0.2, 0.25) is 0 Å². The lowest BCUT2D eigenvalue weighted by molar-refractivity contribution is -0.386. The Kier molecular flexibility index (Phi) is 7.77. The van der Waals surface area contributed by atoms with E-state index < -0.39 is 10.7 Å². The second-order valence-corrected chi connectivity index (χ2v) is 5.88. The summed E-state index contributed by atoms with van der Waals surface area (Å²) in [5.41, 5.74) is 5.79. The third kappa shape index (κ3) is 6.92. The lowest BCUT2D eigenvalue weighted by Gasteiger charge is -2.11. The van der Waals surface area contributed by atoms with Crippen LogP contribution in [0, 0.1) is 21.7 Å². The number of nitro groups is 1. The van der Waals surface area contributed by atoms with Crippen LogP contribution in [0.25, 0.3) is 0 Å². The minimum atomic E-state index is -0.600. The number of benzene rings is 2. The van der Waals surface area contributed by atoms with Crippen molar-refractivity contribution in [2.24, 2.45) is 0 Å². The van der Waals surface area contributed by atoms with Gasteiger partial charge in [-0.1, -0.05) is 0 Å². The smallest absolute Gasteiger partial charge is 0.311 e. The fourth-order valence-corrected chi connectivity index (χ4v) is 1.85. The van der Waals surface area contributed by atoms with Crippen molar-refractivity contribution in [3.05, 3.63) is 58.1 Å². The molecular weight excluding hydrogens is 346 g/mol. The molecule has 0 saturated carbocycles. The van der Waals surface area contributed by atoms with Gasteiger partial charge in [0.25, 0.3) is 0 Å². The topological polar surface area (TPSA) is 87.6 Å². The van der Waals surface area contributed by atoms with Crippen LogP contribution in [0.4, 0.5) is 20.2 Å². The van der Waals surface area contributed by atoms with E-state index in [4.69, 9.17) is 15.2 Å². The van der Waals surface area contributed by atoms with Crippen LogP contribution in [-0.2, 0) is 0 Å². The van der Waals surface area contributed by atoms with Gasteiger partial charge in [-0.15, -0.1) is 0 Å². The van der Waals surface area contributed by atoms with E-state index in [-0.39, 0.29) is 29.5 Å². The number of ether oxygens (including phenoxy) is 2. The molecule has 0 aliphatic rings. The molecule has 0 aliphatic heterocycles. The van der Waals surface area contributed by atoms with Crippen LogP contribution in [0.5, 0.6) is 11.5 Å². The minimum absolute atomic E-state index is 0.00843. The van der Waals surface area contributed by atoms with Crippen molar-refractivity contribution in [2.45, 2.75) is 39.9 Å². The normalized spacial score (nSPS) is 10.3. The molecule has 2 rings (SSSR count). The number of nitrogens with two attached hydrogens (primary N) is 1. The van der Waals surface area contributed by atoms with Crippen LogP contribution in [-0.4, -0.2) is 17.1 Å². The first-order chi connectivity index (χ1) is 12.1. The van der Waals surface area contributed by atoms with Crippen molar-refractivity contribution in [1.82, 2.24) is 0 Å². The van der Waals surface area contributed by atoms with E-state index in [1.165, 1.54) is 18.2 Å². The number of anilines is 1. The number of nitro benzene ring substituents is 1. The zero-order chi connectivity index (χ0) is 19.9. The van der Waals surface area contributed by atoms with Gasteiger partial charge in [0.15, 0.2) is 5.75 Å². The van der Waals surface area contributed by atoms with Gasteiger partial charge in [0.1, 0.15) is 17.4 Å². The van der Waals surface area contributed by atoms with E-state index in [1.54, 1.807) is 13.8 Å². The Morgan fingerprint density at radius 1 is 0.923 bits per heavy atom. The number of hydrogen-bond donors (Lipinski definition) is 1. The molecule has 0 fully saturated rings. The summed E-state index contributed by atoms with van der Waals surface area (Å²) < 4.78 is 35.8. The van der Waals surface area contributed by atoms with Crippen LogP contribution in [0.1, 0.15) is 27.7 Å². The van der Waals surface area contributed by atoms with Gasteiger partial charge in [-0.05, 0) is 45.9 Å². The molecule has 0 unspecified atom stereocenters. The third-order valence-corrected chi connectivity index (χ3v) is 2.82. The van der Waals surface area contributed by atoms with Crippen LogP contribution < -0.4 is 15.2 Å². The monoisotopic (exact) mass is 368 g/mol. The molecule has 2 N–H and O–H groups in total.